The van der Waals surface area contributed by atoms with Gasteiger partial charge in [-0.15, -0.1) is 0 Å². The van der Waals surface area contributed by atoms with Crippen molar-refractivity contribution in [2.24, 2.45) is 5.92 Å². The Morgan fingerprint density at radius 3 is 2.65 bits per heavy atom. The predicted molar refractivity (Wildman–Crippen MR) is 71.9 cm³/mol. The lowest BCUT2D eigenvalue weighted by Gasteiger charge is -2.22. The van der Waals surface area contributed by atoms with Gasteiger partial charge in [0.1, 0.15) is 5.75 Å². The molecule has 112 valence electrons. The lowest BCUT2D eigenvalue weighted by Crippen LogP contribution is -2.27. The number of halogens is 3. The molecule has 1 heterocycles. The fourth-order valence-electron chi connectivity index (χ4n) is 2.50. The molecule has 0 unspecified atom stereocenters. The van der Waals surface area contributed by atoms with Gasteiger partial charge in [0.05, 0.1) is 0 Å². The number of rotatable bonds is 5. The Balaban J connectivity index is 1.82. The van der Waals surface area contributed by atoms with Gasteiger partial charge in [0.2, 0.25) is 0 Å². The summed E-state index contributed by atoms with van der Waals surface area (Å²) in [6.07, 6.45) is 0.0674. The Bertz CT molecular complexity index is 414. The first-order valence-electron chi connectivity index (χ1n) is 7.02. The lowest BCUT2D eigenvalue weighted by molar-refractivity contribution is -0.153. The van der Waals surface area contributed by atoms with E-state index in [1.807, 2.05) is 6.07 Å². The number of nitrogens with one attached hydrogen (secondary N) is 1. The van der Waals surface area contributed by atoms with Gasteiger partial charge in [-0.1, -0.05) is 12.1 Å². The molecule has 0 atom stereocenters. The summed E-state index contributed by atoms with van der Waals surface area (Å²) in [5.41, 5.74) is 1.04. The highest BCUT2D eigenvalue weighted by molar-refractivity contribution is 5.28. The average Bonchev–Trinajstić information content (AvgIpc) is 2.44. The first-order valence-corrected chi connectivity index (χ1v) is 7.02. The van der Waals surface area contributed by atoms with Gasteiger partial charge in [0, 0.05) is 0 Å². The van der Waals surface area contributed by atoms with E-state index in [1.54, 1.807) is 18.2 Å². The Morgan fingerprint density at radius 1 is 1.20 bits per heavy atom. The van der Waals surface area contributed by atoms with Gasteiger partial charge in [-0.3, -0.25) is 0 Å². The van der Waals surface area contributed by atoms with Crippen LogP contribution in [-0.2, 0) is 6.42 Å². The van der Waals surface area contributed by atoms with Gasteiger partial charge in [-0.05, 0) is 62.4 Å². The molecule has 0 radical (unpaired) electrons. The van der Waals surface area contributed by atoms with Crippen LogP contribution < -0.4 is 10.1 Å². The maximum absolute atomic E-state index is 12.1. The molecule has 0 amide bonds. The van der Waals surface area contributed by atoms with Crippen molar-refractivity contribution in [3.63, 3.8) is 0 Å². The van der Waals surface area contributed by atoms with E-state index in [4.69, 9.17) is 4.74 Å². The Kier molecular flexibility index (Phi) is 5.29. The van der Waals surface area contributed by atoms with E-state index in [0.717, 1.165) is 37.4 Å². The third-order valence-corrected chi connectivity index (χ3v) is 3.60. The second kappa shape index (κ2) is 6.97. The van der Waals surface area contributed by atoms with Crippen molar-refractivity contribution in [2.45, 2.75) is 31.9 Å². The molecule has 1 fully saturated rings. The number of alkyl halides is 3. The molecule has 0 saturated carbocycles. The summed E-state index contributed by atoms with van der Waals surface area (Å²) < 4.78 is 41.1. The first kappa shape index (κ1) is 15.2. The number of aryl methyl sites for hydroxylation is 1. The minimum atomic E-state index is -4.29. The molecule has 1 aromatic carbocycles. The summed E-state index contributed by atoms with van der Waals surface area (Å²) in [7, 11) is 0. The van der Waals surface area contributed by atoms with E-state index >= 15 is 0 Å². The van der Waals surface area contributed by atoms with Crippen LogP contribution in [0.5, 0.6) is 5.75 Å². The minimum absolute atomic E-state index is 0.296. The quantitative estimate of drug-likeness (QED) is 0.894. The highest BCUT2D eigenvalue weighted by atomic mass is 19.4. The Labute approximate surface area is 117 Å². The Morgan fingerprint density at radius 2 is 1.95 bits per heavy atom. The third kappa shape index (κ3) is 5.41. The van der Waals surface area contributed by atoms with Crippen LogP contribution in [-0.4, -0.2) is 25.9 Å². The summed E-state index contributed by atoms with van der Waals surface area (Å²) in [6, 6.07) is 6.98. The van der Waals surface area contributed by atoms with Crippen molar-refractivity contribution in [2.75, 3.05) is 19.7 Å². The average molecular weight is 287 g/mol. The third-order valence-electron chi connectivity index (χ3n) is 3.60. The molecular formula is C15H20F3NO. The standard InChI is InChI=1S/C15H20F3NO/c16-15(17,18)11-20-14-3-1-2-13(10-14)5-4-12-6-8-19-9-7-12/h1-3,10,12,19H,4-9,11H2. The minimum Gasteiger partial charge on any atom is -0.484 e. The molecule has 0 aliphatic carbocycles. The summed E-state index contributed by atoms with van der Waals surface area (Å²) in [6.45, 7) is 0.906. The molecule has 1 saturated heterocycles. The van der Waals surface area contributed by atoms with E-state index in [-0.39, 0.29) is 0 Å². The summed E-state index contributed by atoms with van der Waals surface area (Å²) in [4.78, 5) is 0. The molecule has 0 aromatic heterocycles. The number of ether oxygens (including phenoxy) is 1. The number of benzene rings is 1. The molecule has 0 spiro atoms. The number of piperidine rings is 1. The van der Waals surface area contributed by atoms with Crippen molar-refractivity contribution < 1.29 is 17.9 Å². The van der Waals surface area contributed by atoms with Gasteiger partial charge in [-0.2, -0.15) is 13.2 Å². The number of hydrogen-bond acceptors (Lipinski definition) is 2. The molecular weight excluding hydrogens is 267 g/mol. The maximum atomic E-state index is 12.1. The maximum Gasteiger partial charge on any atom is 0.422 e. The monoisotopic (exact) mass is 287 g/mol. The fourth-order valence-corrected chi connectivity index (χ4v) is 2.50. The second-order valence-corrected chi connectivity index (χ2v) is 5.28. The van der Waals surface area contributed by atoms with Crippen molar-refractivity contribution in [3.8, 4) is 5.75 Å². The molecule has 1 N–H and O–H groups in total. The van der Waals surface area contributed by atoms with E-state index in [2.05, 4.69) is 5.32 Å². The zero-order valence-corrected chi connectivity index (χ0v) is 11.4. The van der Waals surface area contributed by atoms with Crippen LogP contribution in [0.3, 0.4) is 0 Å². The van der Waals surface area contributed by atoms with E-state index in [0.29, 0.717) is 5.75 Å². The second-order valence-electron chi connectivity index (χ2n) is 5.28. The van der Waals surface area contributed by atoms with Gasteiger partial charge in [-0.25, -0.2) is 0 Å². The van der Waals surface area contributed by atoms with Crippen LogP contribution in [0.15, 0.2) is 24.3 Å². The molecule has 2 nitrogen and oxygen atoms in total. The van der Waals surface area contributed by atoms with Crippen LogP contribution >= 0.6 is 0 Å². The Hall–Kier alpha value is -1.23. The van der Waals surface area contributed by atoms with Crippen LogP contribution in [0.25, 0.3) is 0 Å². The summed E-state index contributed by atoms with van der Waals surface area (Å²) in [5, 5.41) is 3.33. The molecule has 2 rings (SSSR count). The molecule has 5 heteroatoms. The van der Waals surface area contributed by atoms with Crippen LogP contribution in [0.4, 0.5) is 13.2 Å². The van der Waals surface area contributed by atoms with E-state index in [1.165, 1.54) is 12.8 Å². The zero-order chi connectivity index (χ0) is 14.4. The van der Waals surface area contributed by atoms with Crippen molar-refractivity contribution >= 4 is 0 Å². The molecule has 1 aromatic rings. The summed E-state index contributed by atoms with van der Waals surface area (Å²) >= 11 is 0. The highest BCUT2D eigenvalue weighted by Crippen LogP contribution is 2.22. The molecule has 1 aliphatic rings. The smallest absolute Gasteiger partial charge is 0.422 e. The van der Waals surface area contributed by atoms with Crippen LogP contribution in [0.2, 0.25) is 0 Å². The van der Waals surface area contributed by atoms with Crippen molar-refractivity contribution in [1.29, 1.82) is 0 Å². The van der Waals surface area contributed by atoms with Crippen molar-refractivity contribution in [1.82, 2.24) is 5.32 Å². The van der Waals surface area contributed by atoms with Crippen LogP contribution in [0, 0.1) is 5.92 Å². The lowest BCUT2D eigenvalue weighted by atomic mass is 9.91. The van der Waals surface area contributed by atoms with Crippen molar-refractivity contribution in [3.05, 3.63) is 29.8 Å². The SMILES string of the molecule is FC(F)(F)COc1cccc(CCC2CCNCC2)c1. The predicted octanol–water partition coefficient (Wildman–Crippen LogP) is 3.56. The normalized spacial score (nSPS) is 17.1. The molecule has 0 bridgehead atoms. The van der Waals surface area contributed by atoms with Gasteiger partial charge < -0.3 is 10.1 Å². The largest absolute Gasteiger partial charge is 0.484 e. The number of hydrogen-bond donors (Lipinski definition) is 1. The van der Waals surface area contributed by atoms with Gasteiger partial charge in [0.25, 0.3) is 0 Å². The molecule has 20 heavy (non-hydrogen) atoms. The highest BCUT2D eigenvalue weighted by Gasteiger charge is 2.28. The van der Waals surface area contributed by atoms with Gasteiger partial charge in [0.15, 0.2) is 6.61 Å². The van der Waals surface area contributed by atoms with E-state index < -0.39 is 12.8 Å². The summed E-state index contributed by atoms with van der Waals surface area (Å²) in [5.74, 6) is 1.01. The first-order chi connectivity index (χ1) is 9.53. The fraction of sp³-hybridized carbons (Fsp3) is 0.600. The van der Waals surface area contributed by atoms with Crippen LogP contribution in [0.1, 0.15) is 24.8 Å². The topological polar surface area (TPSA) is 21.3 Å². The van der Waals surface area contributed by atoms with Gasteiger partial charge >= 0.3 is 6.18 Å². The zero-order valence-electron chi connectivity index (χ0n) is 11.4. The molecule has 1 aliphatic heterocycles. The van der Waals surface area contributed by atoms with E-state index in [9.17, 15) is 13.2 Å².